The summed E-state index contributed by atoms with van der Waals surface area (Å²) >= 11 is 9.33. The Morgan fingerprint density at radius 1 is 1.05 bits per heavy atom. The van der Waals surface area contributed by atoms with Crippen LogP contribution < -0.4 is 0 Å². The average Bonchev–Trinajstić information content (AvgIpc) is 2.41. The van der Waals surface area contributed by atoms with Gasteiger partial charge in [-0.15, -0.1) is 0 Å². The molecule has 1 atom stereocenters. The van der Waals surface area contributed by atoms with E-state index in [1.54, 1.807) is 6.07 Å². The van der Waals surface area contributed by atoms with E-state index in [1.165, 1.54) is 11.6 Å². The number of benzene rings is 2. The third-order valence-electron chi connectivity index (χ3n) is 3.15. The highest BCUT2D eigenvalue weighted by molar-refractivity contribution is 9.09. The third kappa shape index (κ3) is 3.83. The van der Waals surface area contributed by atoms with Gasteiger partial charge in [0.25, 0.3) is 0 Å². The molecule has 0 aromatic heterocycles. The van der Waals surface area contributed by atoms with Crippen molar-refractivity contribution >= 4 is 27.5 Å². The molecule has 0 saturated carbocycles. The first-order valence-electron chi connectivity index (χ1n) is 6.65. The fourth-order valence-corrected chi connectivity index (χ4v) is 2.86. The number of rotatable bonds is 4. The van der Waals surface area contributed by atoms with E-state index >= 15 is 0 Å². The van der Waals surface area contributed by atoms with E-state index in [4.69, 9.17) is 11.6 Å². The van der Waals surface area contributed by atoms with Crippen molar-refractivity contribution in [1.82, 2.24) is 0 Å². The monoisotopic (exact) mass is 354 g/mol. The van der Waals surface area contributed by atoms with Gasteiger partial charge in [-0.2, -0.15) is 0 Å². The van der Waals surface area contributed by atoms with E-state index in [1.807, 2.05) is 6.07 Å². The SMILES string of the molecule is CC(C)Cc1ccc(C(Br)c2ccc(Cl)c(F)c2)cc1. The maximum atomic E-state index is 13.5. The van der Waals surface area contributed by atoms with Gasteiger partial charge in [-0.3, -0.25) is 0 Å². The van der Waals surface area contributed by atoms with Crippen LogP contribution in [0.15, 0.2) is 42.5 Å². The normalized spacial score (nSPS) is 12.7. The quantitative estimate of drug-likeness (QED) is 0.576. The molecule has 2 aromatic carbocycles. The van der Waals surface area contributed by atoms with Crippen molar-refractivity contribution < 1.29 is 4.39 Å². The fraction of sp³-hybridized carbons (Fsp3) is 0.294. The summed E-state index contributed by atoms with van der Waals surface area (Å²) in [5.41, 5.74) is 3.30. The minimum absolute atomic E-state index is 0.0256. The third-order valence-corrected chi connectivity index (χ3v) is 4.52. The molecule has 0 aliphatic heterocycles. The maximum absolute atomic E-state index is 13.5. The van der Waals surface area contributed by atoms with Crippen LogP contribution in [0.4, 0.5) is 4.39 Å². The number of alkyl halides is 1. The van der Waals surface area contributed by atoms with Crippen molar-refractivity contribution in [1.29, 1.82) is 0 Å². The molecule has 0 heterocycles. The smallest absolute Gasteiger partial charge is 0.142 e. The fourth-order valence-electron chi connectivity index (χ4n) is 2.16. The van der Waals surface area contributed by atoms with Crippen LogP contribution in [0.25, 0.3) is 0 Å². The summed E-state index contributed by atoms with van der Waals surface area (Å²) in [5, 5.41) is 0.153. The Hall–Kier alpha value is -0.860. The summed E-state index contributed by atoms with van der Waals surface area (Å²) in [5.74, 6) is 0.260. The summed E-state index contributed by atoms with van der Waals surface area (Å²) in [6.45, 7) is 4.41. The molecule has 0 bridgehead atoms. The molecule has 0 radical (unpaired) electrons. The highest BCUT2D eigenvalue weighted by Crippen LogP contribution is 2.32. The zero-order chi connectivity index (χ0) is 14.7. The van der Waals surface area contributed by atoms with Crippen LogP contribution in [0.5, 0.6) is 0 Å². The number of hydrogen-bond acceptors (Lipinski definition) is 0. The highest BCUT2D eigenvalue weighted by atomic mass is 79.9. The Balaban J connectivity index is 2.20. The van der Waals surface area contributed by atoms with Gasteiger partial charge in [-0.05, 0) is 41.2 Å². The minimum Gasteiger partial charge on any atom is -0.205 e. The maximum Gasteiger partial charge on any atom is 0.142 e. The summed E-state index contributed by atoms with van der Waals surface area (Å²) in [6, 6.07) is 13.4. The van der Waals surface area contributed by atoms with Crippen molar-refractivity contribution in [3.8, 4) is 0 Å². The average molecular weight is 356 g/mol. The second kappa shape index (κ2) is 6.73. The van der Waals surface area contributed by atoms with Gasteiger partial charge in [0.05, 0.1) is 9.85 Å². The lowest BCUT2D eigenvalue weighted by Gasteiger charge is -2.12. The van der Waals surface area contributed by atoms with Crippen LogP contribution in [-0.2, 0) is 6.42 Å². The lowest BCUT2D eigenvalue weighted by atomic mass is 9.99. The van der Waals surface area contributed by atoms with Crippen LogP contribution in [0.1, 0.15) is 35.4 Å². The molecular formula is C17H17BrClF. The van der Waals surface area contributed by atoms with Gasteiger partial charge in [0.2, 0.25) is 0 Å². The minimum atomic E-state index is -0.384. The number of halogens is 3. The van der Waals surface area contributed by atoms with Gasteiger partial charge in [-0.1, -0.05) is 71.7 Å². The lowest BCUT2D eigenvalue weighted by Crippen LogP contribution is -1.97. The second-order valence-corrected chi connectivity index (χ2v) is 6.70. The standard InChI is InChI=1S/C17H17BrClF/c1-11(2)9-12-3-5-13(6-4-12)17(18)14-7-8-15(19)16(20)10-14/h3-8,10-11,17H,9H2,1-2H3. The van der Waals surface area contributed by atoms with Crippen LogP contribution in [0.3, 0.4) is 0 Å². The van der Waals surface area contributed by atoms with Gasteiger partial charge in [0, 0.05) is 0 Å². The first kappa shape index (κ1) is 15.5. The van der Waals surface area contributed by atoms with Gasteiger partial charge < -0.3 is 0 Å². The summed E-state index contributed by atoms with van der Waals surface area (Å²) in [7, 11) is 0. The Labute approximate surface area is 133 Å². The number of hydrogen-bond donors (Lipinski definition) is 0. The molecule has 20 heavy (non-hydrogen) atoms. The van der Waals surface area contributed by atoms with Gasteiger partial charge in [0.1, 0.15) is 5.82 Å². The van der Waals surface area contributed by atoms with E-state index in [2.05, 4.69) is 54.0 Å². The van der Waals surface area contributed by atoms with Crippen LogP contribution in [0, 0.1) is 11.7 Å². The molecule has 2 aromatic rings. The Bertz CT molecular complexity index is 578. The van der Waals surface area contributed by atoms with Crippen molar-refractivity contribution in [2.24, 2.45) is 5.92 Å². The molecule has 2 rings (SSSR count). The van der Waals surface area contributed by atoms with E-state index < -0.39 is 0 Å². The van der Waals surface area contributed by atoms with Crippen LogP contribution in [-0.4, -0.2) is 0 Å². The highest BCUT2D eigenvalue weighted by Gasteiger charge is 2.12. The Morgan fingerprint density at radius 3 is 2.20 bits per heavy atom. The van der Waals surface area contributed by atoms with E-state index in [-0.39, 0.29) is 15.7 Å². The first-order valence-corrected chi connectivity index (χ1v) is 7.94. The van der Waals surface area contributed by atoms with Crippen molar-refractivity contribution in [3.63, 3.8) is 0 Å². The van der Waals surface area contributed by atoms with Crippen molar-refractivity contribution in [2.45, 2.75) is 25.1 Å². The summed E-state index contributed by atoms with van der Waals surface area (Å²) < 4.78 is 13.5. The zero-order valence-electron chi connectivity index (χ0n) is 11.5. The topological polar surface area (TPSA) is 0 Å². The molecule has 1 unspecified atom stereocenters. The van der Waals surface area contributed by atoms with Crippen molar-refractivity contribution in [3.05, 3.63) is 70.0 Å². The predicted octanol–water partition coefficient (Wildman–Crippen LogP) is 6.16. The van der Waals surface area contributed by atoms with Crippen LogP contribution in [0.2, 0.25) is 5.02 Å². The molecule has 0 aliphatic rings. The molecule has 0 fully saturated rings. The molecule has 0 aliphatic carbocycles. The largest absolute Gasteiger partial charge is 0.205 e. The van der Waals surface area contributed by atoms with E-state index in [0.717, 1.165) is 17.5 Å². The Morgan fingerprint density at radius 2 is 1.65 bits per heavy atom. The first-order chi connectivity index (χ1) is 9.47. The predicted molar refractivity (Wildman–Crippen MR) is 87.2 cm³/mol. The van der Waals surface area contributed by atoms with E-state index in [0.29, 0.717) is 5.92 Å². The molecule has 0 spiro atoms. The summed E-state index contributed by atoms with van der Waals surface area (Å²) in [6.07, 6.45) is 1.07. The molecular weight excluding hydrogens is 339 g/mol. The molecule has 0 N–H and O–H groups in total. The lowest BCUT2D eigenvalue weighted by molar-refractivity contribution is 0.626. The van der Waals surface area contributed by atoms with Gasteiger partial charge >= 0.3 is 0 Å². The van der Waals surface area contributed by atoms with Crippen LogP contribution >= 0.6 is 27.5 Å². The Kier molecular flexibility index (Phi) is 5.22. The second-order valence-electron chi connectivity index (χ2n) is 5.38. The molecule has 106 valence electrons. The van der Waals surface area contributed by atoms with Gasteiger partial charge in [0.15, 0.2) is 0 Å². The zero-order valence-corrected chi connectivity index (χ0v) is 13.9. The van der Waals surface area contributed by atoms with Gasteiger partial charge in [-0.25, -0.2) is 4.39 Å². The van der Waals surface area contributed by atoms with E-state index in [9.17, 15) is 4.39 Å². The molecule has 0 saturated heterocycles. The molecule has 0 amide bonds. The molecule has 0 nitrogen and oxygen atoms in total. The molecule has 3 heteroatoms. The summed E-state index contributed by atoms with van der Waals surface area (Å²) in [4.78, 5) is -0.0256. The van der Waals surface area contributed by atoms with Crippen molar-refractivity contribution in [2.75, 3.05) is 0 Å².